The van der Waals surface area contributed by atoms with Gasteiger partial charge in [-0.1, -0.05) is 30.8 Å². The van der Waals surface area contributed by atoms with Crippen molar-refractivity contribution < 1.29 is 8.81 Å². The third-order valence-corrected chi connectivity index (χ3v) is 5.79. The summed E-state index contributed by atoms with van der Waals surface area (Å²) in [7, 11) is 3.00. The molecule has 0 unspecified atom stereocenters. The Hall–Kier alpha value is -3.14. The number of fused-ring (bicyclic) bond motifs is 1. The predicted molar refractivity (Wildman–Crippen MR) is 111 cm³/mol. The molecule has 0 spiro atoms. The molecule has 4 rings (SSSR count). The predicted octanol–water partition coefficient (Wildman–Crippen LogP) is 2.46. The van der Waals surface area contributed by atoms with Gasteiger partial charge in [0.05, 0.1) is 18.0 Å². The van der Waals surface area contributed by atoms with Crippen molar-refractivity contribution in [2.45, 2.75) is 30.8 Å². The smallest absolute Gasteiger partial charge is 0.332 e. The Morgan fingerprint density at radius 1 is 1.17 bits per heavy atom. The van der Waals surface area contributed by atoms with Crippen LogP contribution in [-0.4, -0.2) is 23.7 Å². The van der Waals surface area contributed by atoms with Crippen LogP contribution in [0.2, 0.25) is 0 Å². The molecule has 1 aromatic carbocycles. The fourth-order valence-electron chi connectivity index (χ4n) is 3.21. The van der Waals surface area contributed by atoms with Crippen molar-refractivity contribution in [3.8, 4) is 0 Å². The van der Waals surface area contributed by atoms with E-state index >= 15 is 0 Å². The van der Waals surface area contributed by atoms with Crippen LogP contribution in [0, 0.1) is 5.82 Å². The highest BCUT2D eigenvalue weighted by atomic mass is 32.2. The molecule has 10 heteroatoms. The number of nitrogens with zero attached hydrogens (tertiary/aromatic N) is 5. The van der Waals surface area contributed by atoms with Crippen molar-refractivity contribution in [1.29, 1.82) is 0 Å². The lowest BCUT2D eigenvalue weighted by molar-refractivity contribution is 0.516. The molecule has 3 aromatic heterocycles. The molecule has 156 valence electrons. The van der Waals surface area contributed by atoms with Gasteiger partial charge in [0.1, 0.15) is 12.1 Å². The maximum Gasteiger partial charge on any atom is 0.332 e. The van der Waals surface area contributed by atoms with E-state index < -0.39 is 11.2 Å². The second-order valence-corrected chi connectivity index (χ2v) is 7.81. The molecule has 30 heavy (non-hydrogen) atoms. The maximum atomic E-state index is 13.7. The monoisotopic (exact) mass is 429 g/mol. The number of halogens is 1. The third-order valence-electron chi connectivity index (χ3n) is 4.83. The van der Waals surface area contributed by atoms with Crippen LogP contribution in [0.1, 0.15) is 24.1 Å². The van der Waals surface area contributed by atoms with E-state index in [4.69, 9.17) is 4.42 Å². The molecule has 0 saturated heterocycles. The number of imidazole rings is 1. The van der Waals surface area contributed by atoms with Gasteiger partial charge in [0.2, 0.25) is 5.89 Å². The van der Waals surface area contributed by atoms with E-state index in [1.54, 1.807) is 30.0 Å². The van der Waals surface area contributed by atoms with E-state index in [0.717, 1.165) is 16.7 Å². The molecule has 3 heterocycles. The van der Waals surface area contributed by atoms with Crippen LogP contribution in [0.5, 0.6) is 0 Å². The summed E-state index contributed by atoms with van der Waals surface area (Å²) in [5.41, 5.74) is 1.19. The summed E-state index contributed by atoms with van der Waals surface area (Å²) >= 11 is 1.34. The Balaban J connectivity index is 1.83. The minimum atomic E-state index is -0.459. The third kappa shape index (κ3) is 3.58. The molecule has 0 N–H and O–H groups in total. The van der Waals surface area contributed by atoms with Crippen LogP contribution >= 0.6 is 11.8 Å². The zero-order valence-electron chi connectivity index (χ0n) is 16.8. The second kappa shape index (κ2) is 7.94. The highest BCUT2D eigenvalue weighted by molar-refractivity contribution is 7.98. The highest BCUT2D eigenvalue weighted by Gasteiger charge is 2.20. The number of aryl methyl sites for hydroxylation is 2. The first-order valence-electron chi connectivity index (χ1n) is 9.35. The molecule has 0 fully saturated rings. The van der Waals surface area contributed by atoms with Crippen LogP contribution in [-0.2, 0) is 32.8 Å². The van der Waals surface area contributed by atoms with Crippen LogP contribution in [0.25, 0.3) is 11.2 Å². The van der Waals surface area contributed by atoms with Gasteiger partial charge in [0, 0.05) is 14.1 Å². The first-order chi connectivity index (χ1) is 14.4. The number of rotatable bonds is 6. The summed E-state index contributed by atoms with van der Waals surface area (Å²) in [5, 5.41) is 0.517. The molecule has 0 atom stereocenters. The zero-order valence-corrected chi connectivity index (χ0v) is 17.6. The molecule has 0 bridgehead atoms. The van der Waals surface area contributed by atoms with Gasteiger partial charge in [0.25, 0.3) is 5.56 Å². The van der Waals surface area contributed by atoms with E-state index in [2.05, 4.69) is 9.97 Å². The Kier molecular flexibility index (Phi) is 5.33. The van der Waals surface area contributed by atoms with Gasteiger partial charge >= 0.3 is 5.69 Å². The van der Waals surface area contributed by atoms with Gasteiger partial charge < -0.3 is 8.98 Å². The Bertz CT molecular complexity index is 1350. The molecule has 8 nitrogen and oxygen atoms in total. The molecule has 0 saturated carbocycles. The zero-order chi connectivity index (χ0) is 21.4. The topological polar surface area (TPSA) is 87.9 Å². The van der Waals surface area contributed by atoms with Gasteiger partial charge in [-0.15, -0.1) is 0 Å². The minimum absolute atomic E-state index is 0.232. The fourth-order valence-corrected chi connectivity index (χ4v) is 4.05. The number of oxazole rings is 1. The lowest BCUT2D eigenvalue weighted by atomic mass is 10.2. The lowest BCUT2D eigenvalue weighted by Crippen LogP contribution is -2.37. The molecule has 4 aromatic rings. The number of thioether (sulfide) groups is 1. The van der Waals surface area contributed by atoms with Crippen LogP contribution in [0.4, 0.5) is 4.39 Å². The average molecular weight is 429 g/mol. The van der Waals surface area contributed by atoms with Gasteiger partial charge in [-0.2, -0.15) is 0 Å². The molecule has 0 radical (unpaired) electrons. The molecule has 0 aliphatic rings. The van der Waals surface area contributed by atoms with Crippen molar-refractivity contribution in [1.82, 2.24) is 23.7 Å². The fraction of sp³-hybridized carbons (Fsp3) is 0.300. The van der Waals surface area contributed by atoms with E-state index in [1.165, 1.54) is 35.5 Å². The molecule has 0 aliphatic carbocycles. The van der Waals surface area contributed by atoms with Gasteiger partial charge in [0.15, 0.2) is 16.3 Å². The number of hydrogen-bond donors (Lipinski definition) is 0. The van der Waals surface area contributed by atoms with E-state index in [9.17, 15) is 14.0 Å². The average Bonchev–Trinajstić information content (AvgIpc) is 3.34. The summed E-state index contributed by atoms with van der Waals surface area (Å²) in [6, 6.07) is 6.16. The van der Waals surface area contributed by atoms with Gasteiger partial charge in [-0.3, -0.25) is 13.9 Å². The molecule has 0 amide bonds. The van der Waals surface area contributed by atoms with E-state index in [0.29, 0.717) is 22.4 Å². The normalized spacial score (nSPS) is 11.5. The first kappa shape index (κ1) is 20.1. The summed E-state index contributed by atoms with van der Waals surface area (Å²) in [6.45, 7) is 2.22. The number of hydrogen-bond acceptors (Lipinski definition) is 6. The lowest BCUT2D eigenvalue weighted by Gasteiger charge is -2.09. The van der Waals surface area contributed by atoms with Crippen LogP contribution in [0.15, 0.2) is 49.7 Å². The second-order valence-electron chi connectivity index (χ2n) is 6.86. The van der Waals surface area contributed by atoms with Crippen molar-refractivity contribution >= 4 is 22.9 Å². The summed E-state index contributed by atoms with van der Waals surface area (Å²) in [6.07, 6.45) is 2.38. The van der Waals surface area contributed by atoms with Crippen molar-refractivity contribution in [2.75, 3.05) is 0 Å². The Labute approximate surface area is 175 Å². The molecular formula is C20H20FN5O3S. The SMILES string of the molecule is CCc1coc(CSc2nc3c(c(=O)n(C)c(=O)n3C)n2Cc2cccc(F)c2)n1. The minimum Gasteiger partial charge on any atom is -0.448 e. The first-order valence-corrected chi connectivity index (χ1v) is 10.3. The number of benzene rings is 1. The summed E-state index contributed by atoms with van der Waals surface area (Å²) in [5.74, 6) is 0.585. The van der Waals surface area contributed by atoms with Crippen molar-refractivity contribution in [3.63, 3.8) is 0 Å². The van der Waals surface area contributed by atoms with Crippen LogP contribution < -0.4 is 11.2 Å². The highest BCUT2D eigenvalue weighted by Crippen LogP contribution is 2.26. The Morgan fingerprint density at radius 3 is 2.67 bits per heavy atom. The van der Waals surface area contributed by atoms with Crippen LogP contribution in [0.3, 0.4) is 0 Å². The molecular weight excluding hydrogens is 409 g/mol. The molecule has 0 aliphatic heterocycles. The quantitative estimate of drug-likeness (QED) is 0.438. The van der Waals surface area contributed by atoms with Crippen molar-refractivity contribution in [3.05, 3.63) is 74.3 Å². The largest absolute Gasteiger partial charge is 0.448 e. The van der Waals surface area contributed by atoms with Crippen molar-refractivity contribution in [2.24, 2.45) is 14.1 Å². The van der Waals surface area contributed by atoms with Gasteiger partial charge in [-0.25, -0.2) is 19.2 Å². The summed E-state index contributed by atoms with van der Waals surface area (Å²) < 4.78 is 23.3. The summed E-state index contributed by atoms with van der Waals surface area (Å²) in [4.78, 5) is 34.2. The Morgan fingerprint density at radius 2 is 1.97 bits per heavy atom. The van der Waals surface area contributed by atoms with Gasteiger partial charge in [-0.05, 0) is 24.1 Å². The van der Waals surface area contributed by atoms with E-state index in [-0.39, 0.29) is 23.5 Å². The maximum absolute atomic E-state index is 13.7. The van der Waals surface area contributed by atoms with E-state index in [1.807, 2.05) is 6.92 Å². The standard InChI is InChI=1S/C20H20FN5O3S/c1-4-14-10-29-15(22-14)11-30-19-23-17-16(18(27)25(3)20(28)24(17)2)26(19)9-12-6-5-7-13(21)8-12/h5-8,10H,4,9,11H2,1-3H3. The number of aromatic nitrogens is 5.